The lowest BCUT2D eigenvalue weighted by Crippen LogP contribution is -2.57. The van der Waals surface area contributed by atoms with Crippen LogP contribution >= 0.6 is 0 Å². The lowest BCUT2D eigenvalue weighted by Gasteiger charge is -2.48. The van der Waals surface area contributed by atoms with Crippen LogP contribution < -0.4 is 5.73 Å². The van der Waals surface area contributed by atoms with Crippen molar-refractivity contribution in [3.05, 3.63) is 18.2 Å². The summed E-state index contributed by atoms with van der Waals surface area (Å²) in [4.78, 5) is 36.1. The van der Waals surface area contributed by atoms with Crippen molar-refractivity contribution < 1.29 is 9.59 Å². The molecule has 2 aliphatic heterocycles. The zero-order valence-electron chi connectivity index (χ0n) is 14.7. The molecule has 7 heteroatoms. The maximum absolute atomic E-state index is 12.6. The Balaban J connectivity index is 1.41. The van der Waals surface area contributed by atoms with Gasteiger partial charge in [-0.2, -0.15) is 0 Å². The minimum Gasteiger partial charge on any atom is -0.348 e. The first-order valence-electron chi connectivity index (χ1n) is 9.33. The quantitative estimate of drug-likeness (QED) is 0.839. The van der Waals surface area contributed by atoms with Crippen molar-refractivity contribution in [2.75, 3.05) is 26.2 Å². The fraction of sp³-hybridized carbons (Fsp3) is 0.722. The second kappa shape index (κ2) is 6.12. The molecule has 0 radical (unpaired) electrons. The minimum atomic E-state index is -0.594. The number of rotatable bonds is 4. The van der Waals surface area contributed by atoms with Crippen molar-refractivity contribution in [2.24, 2.45) is 11.1 Å². The van der Waals surface area contributed by atoms with E-state index >= 15 is 0 Å². The third-order valence-corrected chi connectivity index (χ3v) is 6.12. The smallest absolute Gasteiger partial charge is 0.242 e. The number of likely N-dealkylation sites (tertiary alicyclic amines) is 2. The number of hydrogen-bond donors (Lipinski definition) is 2. The highest BCUT2D eigenvalue weighted by atomic mass is 16.2. The summed E-state index contributed by atoms with van der Waals surface area (Å²) < 4.78 is 0. The molecule has 1 saturated carbocycles. The van der Waals surface area contributed by atoms with Crippen molar-refractivity contribution in [3.8, 4) is 0 Å². The number of carbonyl (C=O) groups is 2. The van der Waals surface area contributed by atoms with Gasteiger partial charge in [0.25, 0.3) is 0 Å². The summed E-state index contributed by atoms with van der Waals surface area (Å²) in [6.07, 6.45) is 9.44. The van der Waals surface area contributed by atoms with Crippen LogP contribution in [0.4, 0.5) is 0 Å². The highest BCUT2D eigenvalue weighted by molar-refractivity contribution is 5.89. The van der Waals surface area contributed by atoms with Crippen LogP contribution in [0.2, 0.25) is 0 Å². The average molecular weight is 345 g/mol. The number of nitrogens with zero attached hydrogens (tertiary/aromatic N) is 3. The Hall–Kier alpha value is -1.89. The number of hydrogen-bond acceptors (Lipinski definition) is 4. The fourth-order valence-electron chi connectivity index (χ4n) is 4.36. The molecule has 0 aromatic carbocycles. The molecule has 1 spiro atoms. The van der Waals surface area contributed by atoms with Crippen LogP contribution in [-0.2, 0) is 16.0 Å². The predicted octanol–water partition coefficient (Wildman–Crippen LogP) is 0.675. The SMILES string of the molecule is NC1(C(=O)N2CCC[C@@]3(CCC(=O)N(CCc4cnc[nH]4)C3)C2)CC1. The molecule has 2 saturated heterocycles. The van der Waals surface area contributed by atoms with Crippen LogP contribution in [0.3, 0.4) is 0 Å². The van der Waals surface area contributed by atoms with Gasteiger partial charge in [-0.15, -0.1) is 0 Å². The highest BCUT2D eigenvalue weighted by Gasteiger charge is 2.51. The monoisotopic (exact) mass is 345 g/mol. The molecule has 1 aromatic heterocycles. The lowest BCUT2D eigenvalue weighted by molar-refractivity contribution is -0.144. The Morgan fingerprint density at radius 3 is 2.84 bits per heavy atom. The van der Waals surface area contributed by atoms with Gasteiger partial charge in [0, 0.05) is 56.3 Å². The van der Waals surface area contributed by atoms with E-state index in [2.05, 4.69) is 9.97 Å². The number of carbonyl (C=O) groups excluding carboxylic acids is 2. The summed E-state index contributed by atoms with van der Waals surface area (Å²) in [7, 11) is 0. The van der Waals surface area contributed by atoms with Crippen molar-refractivity contribution in [2.45, 2.75) is 50.5 Å². The number of nitrogens with one attached hydrogen (secondary N) is 1. The number of nitrogens with two attached hydrogens (primary N) is 1. The van der Waals surface area contributed by atoms with E-state index in [4.69, 9.17) is 5.73 Å². The summed E-state index contributed by atoms with van der Waals surface area (Å²) in [6, 6.07) is 0. The van der Waals surface area contributed by atoms with Gasteiger partial charge in [0.2, 0.25) is 11.8 Å². The molecule has 1 aromatic rings. The average Bonchev–Trinajstić information content (AvgIpc) is 3.15. The molecule has 3 N–H and O–H groups in total. The molecule has 3 fully saturated rings. The second-order valence-electron chi connectivity index (χ2n) is 8.13. The van der Waals surface area contributed by atoms with Crippen LogP contribution in [0.1, 0.15) is 44.2 Å². The Kier molecular flexibility index (Phi) is 4.06. The number of imidazole rings is 1. The molecule has 2 amide bonds. The molecule has 1 aliphatic carbocycles. The molecular weight excluding hydrogens is 318 g/mol. The van der Waals surface area contributed by atoms with Gasteiger partial charge in [-0.1, -0.05) is 0 Å². The normalized spacial score (nSPS) is 28.4. The van der Waals surface area contributed by atoms with Crippen LogP contribution in [0.5, 0.6) is 0 Å². The van der Waals surface area contributed by atoms with Gasteiger partial charge >= 0.3 is 0 Å². The van der Waals surface area contributed by atoms with Crippen molar-refractivity contribution >= 4 is 11.8 Å². The van der Waals surface area contributed by atoms with Crippen LogP contribution in [0, 0.1) is 5.41 Å². The van der Waals surface area contributed by atoms with Gasteiger partial charge in [0.05, 0.1) is 11.9 Å². The van der Waals surface area contributed by atoms with E-state index in [0.717, 1.165) is 63.9 Å². The Morgan fingerprint density at radius 1 is 1.28 bits per heavy atom. The van der Waals surface area contributed by atoms with E-state index in [1.165, 1.54) is 0 Å². The first kappa shape index (κ1) is 16.6. The summed E-state index contributed by atoms with van der Waals surface area (Å²) in [5, 5.41) is 0. The zero-order chi connectivity index (χ0) is 17.5. The second-order valence-corrected chi connectivity index (χ2v) is 8.13. The van der Waals surface area contributed by atoms with Gasteiger partial charge in [-0.05, 0) is 32.1 Å². The summed E-state index contributed by atoms with van der Waals surface area (Å²) >= 11 is 0. The van der Waals surface area contributed by atoms with E-state index in [-0.39, 0.29) is 17.2 Å². The molecule has 3 aliphatic rings. The third kappa shape index (κ3) is 3.29. The van der Waals surface area contributed by atoms with Crippen LogP contribution in [0.25, 0.3) is 0 Å². The van der Waals surface area contributed by atoms with E-state index in [9.17, 15) is 9.59 Å². The first-order chi connectivity index (χ1) is 12.0. The third-order valence-electron chi connectivity index (χ3n) is 6.12. The van der Waals surface area contributed by atoms with Gasteiger partial charge in [-0.3, -0.25) is 9.59 Å². The molecule has 1 atom stereocenters. The molecule has 0 bridgehead atoms. The lowest BCUT2D eigenvalue weighted by atomic mass is 9.73. The Morgan fingerprint density at radius 2 is 2.12 bits per heavy atom. The van der Waals surface area contributed by atoms with E-state index < -0.39 is 5.54 Å². The highest BCUT2D eigenvalue weighted by Crippen LogP contribution is 2.41. The predicted molar refractivity (Wildman–Crippen MR) is 92.5 cm³/mol. The van der Waals surface area contributed by atoms with Gasteiger partial charge in [-0.25, -0.2) is 4.98 Å². The van der Waals surface area contributed by atoms with Crippen LogP contribution in [0.15, 0.2) is 12.5 Å². The van der Waals surface area contributed by atoms with Crippen molar-refractivity contribution in [3.63, 3.8) is 0 Å². The Labute approximate surface area is 147 Å². The molecule has 3 heterocycles. The van der Waals surface area contributed by atoms with Gasteiger partial charge < -0.3 is 20.5 Å². The Bertz CT molecular complexity index is 654. The zero-order valence-corrected chi connectivity index (χ0v) is 14.7. The minimum absolute atomic E-state index is 0.0427. The summed E-state index contributed by atoms with van der Waals surface area (Å²) in [5.41, 5.74) is 6.62. The number of piperidine rings is 2. The maximum Gasteiger partial charge on any atom is 0.242 e. The number of H-pyrrole nitrogens is 1. The summed E-state index contributed by atoms with van der Waals surface area (Å²) in [6.45, 7) is 3.01. The van der Waals surface area contributed by atoms with Crippen LogP contribution in [-0.4, -0.2) is 63.3 Å². The first-order valence-corrected chi connectivity index (χ1v) is 9.33. The number of amides is 2. The standard InChI is InChI=1S/C18H27N5O2/c19-18(6-7-18)16(25)23-8-1-4-17(12-23)5-2-15(24)22(11-17)9-3-14-10-20-13-21-14/h10,13H,1-9,11-12,19H2,(H,20,21)/t17-/m0/s1. The fourth-order valence-corrected chi connectivity index (χ4v) is 4.36. The molecule has 25 heavy (non-hydrogen) atoms. The molecular formula is C18H27N5O2. The summed E-state index contributed by atoms with van der Waals surface area (Å²) in [5.74, 6) is 0.346. The number of aromatic nitrogens is 2. The maximum atomic E-state index is 12.6. The largest absolute Gasteiger partial charge is 0.348 e. The van der Waals surface area contributed by atoms with E-state index in [0.29, 0.717) is 13.0 Å². The van der Waals surface area contributed by atoms with Crippen molar-refractivity contribution in [1.29, 1.82) is 0 Å². The van der Waals surface area contributed by atoms with Gasteiger partial charge in [0.15, 0.2) is 0 Å². The molecule has 0 unspecified atom stereocenters. The van der Waals surface area contributed by atoms with E-state index in [1.807, 2.05) is 16.0 Å². The van der Waals surface area contributed by atoms with Gasteiger partial charge in [0.1, 0.15) is 0 Å². The van der Waals surface area contributed by atoms with Crippen molar-refractivity contribution in [1.82, 2.24) is 19.8 Å². The van der Waals surface area contributed by atoms with E-state index in [1.54, 1.807) is 6.33 Å². The molecule has 7 nitrogen and oxygen atoms in total. The molecule has 4 rings (SSSR count). The number of aromatic amines is 1. The molecule has 136 valence electrons. The topological polar surface area (TPSA) is 95.3 Å².